The van der Waals surface area contributed by atoms with Crippen LogP contribution in [0.1, 0.15) is 245 Å². The van der Waals surface area contributed by atoms with Gasteiger partial charge in [-0.2, -0.15) is 0 Å². The number of rotatable bonds is 43. The lowest BCUT2D eigenvalue weighted by Gasteiger charge is -2.18. The first kappa shape index (κ1) is 53.6. The zero-order chi connectivity index (χ0) is 40.8. The minimum Gasteiger partial charge on any atom is -0.462 e. The van der Waals surface area contributed by atoms with Crippen molar-refractivity contribution in [1.29, 1.82) is 0 Å². The van der Waals surface area contributed by atoms with Gasteiger partial charge in [0.1, 0.15) is 13.2 Å². The third-order valence-corrected chi connectivity index (χ3v) is 10.4. The van der Waals surface area contributed by atoms with Gasteiger partial charge in [0.25, 0.3) is 0 Å². The largest absolute Gasteiger partial charge is 0.462 e. The number of ether oxygens (including phenoxy) is 3. The molecule has 0 radical (unpaired) electrons. The SMILES string of the molecule is CCCC/C=C\C/C=C\CCCCCCCC(=O)O[C@@H](COC(=O)CCCCCCC/C=C\CCCCCCCC)COC(=O)CCCCCCCCCCC. The molecule has 0 N–H and O–H groups in total. The first-order valence-corrected chi connectivity index (χ1v) is 24.0. The molecule has 0 unspecified atom stereocenters. The highest BCUT2D eigenvalue weighted by Crippen LogP contribution is 2.14. The van der Waals surface area contributed by atoms with E-state index in [0.717, 1.165) is 89.9 Å². The highest BCUT2D eigenvalue weighted by atomic mass is 16.6. The van der Waals surface area contributed by atoms with Crippen LogP contribution in [0.3, 0.4) is 0 Å². The van der Waals surface area contributed by atoms with Gasteiger partial charge in [0.05, 0.1) is 0 Å². The van der Waals surface area contributed by atoms with Gasteiger partial charge >= 0.3 is 17.9 Å². The fourth-order valence-electron chi connectivity index (χ4n) is 6.69. The summed E-state index contributed by atoms with van der Waals surface area (Å²) in [5.74, 6) is -0.900. The van der Waals surface area contributed by atoms with Gasteiger partial charge in [-0.15, -0.1) is 0 Å². The van der Waals surface area contributed by atoms with Gasteiger partial charge in [0.2, 0.25) is 0 Å². The smallest absolute Gasteiger partial charge is 0.306 e. The lowest BCUT2D eigenvalue weighted by molar-refractivity contribution is -0.167. The molecule has 0 spiro atoms. The van der Waals surface area contributed by atoms with Gasteiger partial charge in [-0.1, -0.05) is 192 Å². The molecule has 0 fully saturated rings. The summed E-state index contributed by atoms with van der Waals surface area (Å²) < 4.78 is 16.7. The Kier molecular flexibility index (Phi) is 43.4. The molecule has 0 aliphatic rings. The fraction of sp³-hybridized carbons (Fsp3) is 0.820. The molecular formula is C50H90O6. The van der Waals surface area contributed by atoms with Crippen LogP contribution in [-0.2, 0) is 28.6 Å². The lowest BCUT2D eigenvalue weighted by Crippen LogP contribution is -2.30. The van der Waals surface area contributed by atoms with Crippen LogP contribution < -0.4 is 0 Å². The molecule has 0 saturated heterocycles. The number of hydrogen-bond donors (Lipinski definition) is 0. The van der Waals surface area contributed by atoms with Crippen LogP contribution >= 0.6 is 0 Å². The van der Waals surface area contributed by atoms with Gasteiger partial charge in [-0.25, -0.2) is 0 Å². The van der Waals surface area contributed by atoms with Crippen molar-refractivity contribution in [1.82, 2.24) is 0 Å². The summed E-state index contributed by atoms with van der Waals surface area (Å²) in [7, 11) is 0. The van der Waals surface area contributed by atoms with Crippen LogP contribution in [-0.4, -0.2) is 37.2 Å². The highest BCUT2D eigenvalue weighted by Gasteiger charge is 2.19. The predicted molar refractivity (Wildman–Crippen MR) is 238 cm³/mol. The zero-order valence-corrected chi connectivity index (χ0v) is 37.2. The van der Waals surface area contributed by atoms with Gasteiger partial charge in [0.15, 0.2) is 6.10 Å². The van der Waals surface area contributed by atoms with Crippen molar-refractivity contribution in [2.75, 3.05) is 13.2 Å². The van der Waals surface area contributed by atoms with Crippen LogP contribution in [0.4, 0.5) is 0 Å². The van der Waals surface area contributed by atoms with Gasteiger partial charge < -0.3 is 14.2 Å². The maximum Gasteiger partial charge on any atom is 0.306 e. The zero-order valence-electron chi connectivity index (χ0n) is 37.2. The van der Waals surface area contributed by atoms with Crippen molar-refractivity contribution in [3.8, 4) is 0 Å². The van der Waals surface area contributed by atoms with Gasteiger partial charge in [-0.05, 0) is 70.6 Å². The van der Waals surface area contributed by atoms with Crippen molar-refractivity contribution in [3.63, 3.8) is 0 Å². The second-order valence-electron chi connectivity index (χ2n) is 16.0. The number of hydrogen-bond acceptors (Lipinski definition) is 6. The molecule has 0 aliphatic heterocycles. The van der Waals surface area contributed by atoms with Crippen molar-refractivity contribution < 1.29 is 28.6 Å². The number of carbonyl (C=O) groups excluding carboxylic acids is 3. The predicted octanol–water partition coefficient (Wildman–Crippen LogP) is 15.4. The molecule has 0 aromatic heterocycles. The van der Waals surface area contributed by atoms with Crippen LogP contribution in [0.15, 0.2) is 36.5 Å². The fourth-order valence-corrected chi connectivity index (χ4v) is 6.69. The summed E-state index contributed by atoms with van der Waals surface area (Å²) >= 11 is 0. The summed E-state index contributed by atoms with van der Waals surface area (Å²) in [5, 5.41) is 0. The Morgan fingerprint density at radius 2 is 0.661 bits per heavy atom. The van der Waals surface area contributed by atoms with E-state index in [4.69, 9.17) is 14.2 Å². The molecule has 6 heteroatoms. The van der Waals surface area contributed by atoms with E-state index in [2.05, 4.69) is 57.2 Å². The molecular weight excluding hydrogens is 697 g/mol. The summed E-state index contributed by atoms with van der Waals surface area (Å²) in [4.78, 5) is 37.7. The third-order valence-electron chi connectivity index (χ3n) is 10.4. The van der Waals surface area contributed by atoms with E-state index in [1.807, 2.05) is 0 Å². The van der Waals surface area contributed by atoms with Crippen molar-refractivity contribution in [3.05, 3.63) is 36.5 Å². The quantitative estimate of drug-likeness (QED) is 0.0265. The Morgan fingerprint density at radius 1 is 0.357 bits per heavy atom. The first-order valence-electron chi connectivity index (χ1n) is 24.0. The minimum atomic E-state index is -0.777. The van der Waals surface area contributed by atoms with E-state index in [1.54, 1.807) is 0 Å². The minimum absolute atomic E-state index is 0.0786. The molecule has 0 bridgehead atoms. The monoisotopic (exact) mass is 787 g/mol. The molecule has 0 rings (SSSR count). The second-order valence-corrected chi connectivity index (χ2v) is 16.0. The van der Waals surface area contributed by atoms with Gasteiger partial charge in [-0.3, -0.25) is 14.4 Å². The van der Waals surface area contributed by atoms with Crippen molar-refractivity contribution in [2.24, 2.45) is 0 Å². The molecule has 0 saturated carbocycles. The molecule has 0 aromatic carbocycles. The molecule has 1 atom stereocenters. The van der Waals surface area contributed by atoms with E-state index >= 15 is 0 Å². The maximum atomic E-state index is 12.7. The number of esters is 3. The standard InChI is InChI=1S/C50H90O6/c1-4-7-10-13-16-19-21-23-25-27-28-31-34-37-40-43-49(52)55-46-47(45-54-48(51)42-39-36-33-30-18-15-12-9-6-3)56-50(53)44-41-38-35-32-29-26-24-22-20-17-14-11-8-5-2/h14,17,22-25,47H,4-13,15-16,18-21,26-46H2,1-3H3/b17-14-,24-22-,25-23-/t47-/m1/s1. The topological polar surface area (TPSA) is 78.9 Å². The molecule has 0 aromatic rings. The van der Waals surface area contributed by atoms with E-state index in [9.17, 15) is 14.4 Å². The van der Waals surface area contributed by atoms with Crippen molar-refractivity contribution >= 4 is 17.9 Å². The normalized spacial score (nSPS) is 12.3. The van der Waals surface area contributed by atoms with E-state index in [1.165, 1.54) is 116 Å². The Morgan fingerprint density at radius 3 is 1.05 bits per heavy atom. The van der Waals surface area contributed by atoms with E-state index < -0.39 is 6.10 Å². The molecule has 0 amide bonds. The van der Waals surface area contributed by atoms with Gasteiger partial charge in [0, 0.05) is 19.3 Å². The molecule has 0 heterocycles. The second kappa shape index (κ2) is 45.3. The summed E-state index contributed by atoms with van der Waals surface area (Å²) in [6.07, 6.45) is 51.2. The van der Waals surface area contributed by atoms with Crippen LogP contribution in [0, 0.1) is 0 Å². The van der Waals surface area contributed by atoms with E-state index in [0.29, 0.717) is 19.3 Å². The lowest BCUT2D eigenvalue weighted by atomic mass is 10.1. The van der Waals surface area contributed by atoms with Crippen LogP contribution in [0.2, 0.25) is 0 Å². The number of allylic oxidation sites excluding steroid dienone is 6. The third kappa shape index (κ3) is 42.8. The summed E-state index contributed by atoms with van der Waals surface area (Å²) in [6.45, 7) is 6.56. The molecule has 56 heavy (non-hydrogen) atoms. The summed E-state index contributed by atoms with van der Waals surface area (Å²) in [6, 6.07) is 0. The Balaban J connectivity index is 4.37. The summed E-state index contributed by atoms with van der Waals surface area (Å²) in [5.41, 5.74) is 0. The number of unbranched alkanes of at least 4 members (excludes halogenated alkanes) is 26. The van der Waals surface area contributed by atoms with Crippen molar-refractivity contribution in [2.45, 2.75) is 252 Å². The number of carbonyl (C=O) groups is 3. The molecule has 326 valence electrons. The highest BCUT2D eigenvalue weighted by molar-refractivity contribution is 5.71. The Labute approximate surface area is 346 Å². The average Bonchev–Trinajstić information content (AvgIpc) is 3.19. The Bertz CT molecular complexity index is 953. The first-order chi connectivity index (χ1) is 27.5. The molecule has 0 aliphatic carbocycles. The van der Waals surface area contributed by atoms with Crippen LogP contribution in [0.25, 0.3) is 0 Å². The maximum absolute atomic E-state index is 12.7. The van der Waals surface area contributed by atoms with Crippen LogP contribution in [0.5, 0.6) is 0 Å². The average molecular weight is 787 g/mol. The molecule has 6 nitrogen and oxygen atoms in total. The Hall–Kier alpha value is -2.37. The van der Waals surface area contributed by atoms with E-state index in [-0.39, 0.29) is 31.1 Å².